The van der Waals surface area contributed by atoms with Crippen molar-refractivity contribution in [2.45, 2.75) is 6.92 Å². The molecule has 88 valence electrons. The number of nitrogens with zero attached hydrogens (tertiary/aromatic N) is 2. The van der Waals surface area contributed by atoms with Crippen molar-refractivity contribution in [1.29, 1.82) is 5.26 Å². The van der Waals surface area contributed by atoms with Crippen molar-refractivity contribution in [3.05, 3.63) is 42.0 Å². The van der Waals surface area contributed by atoms with E-state index < -0.39 is 5.97 Å². The fourth-order valence-corrected chi connectivity index (χ4v) is 1.58. The Morgan fingerprint density at radius 3 is 2.88 bits per heavy atom. The van der Waals surface area contributed by atoms with Gasteiger partial charge in [0, 0.05) is 6.54 Å². The number of hydrogen-bond donors (Lipinski definition) is 1. The number of aliphatic carboxylic acids is 1. The first-order chi connectivity index (χ1) is 8.08. The van der Waals surface area contributed by atoms with Crippen molar-refractivity contribution < 1.29 is 9.90 Å². The fourth-order valence-electron chi connectivity index (χ4n) is 1.58. The SMILES string of the molecule is C=CCN(CC(=O)O)c1ccc(C)cc1C#N. The summed E-state index contributed by atoms with van der Waals surface area (Å²) in [4.78, 5) is 12.4. The van der Waals surface area contributed by atoms with Crippen LogP contribution in [0.5, 0.6) is 0 Å². The minimum atomic E-state index is -0.934. The highest BCUT2D eigenvalue weighted by atomic mass is 16.4. The van der Waals surface area contributed by atoms with E-state index in [4.69, 9.17) is 10.4 Å². The van der Waals surface area contributed by atoms with E-state index in [1.54, 1.807) is 23.1 Å². The van der Waals surface area contributed by atoms with Crippen LogP contribution in [0, 0.1) is 18.3 Å². The summed E-state index contributed by atoms with van der Waals surface area (Å²) in [6.45, 7) is 5.72. The van der Waals surface area contributed by atoms with Crippen molar-refractivity contribution in [3.8, 4) is 6.07 Å². The number of hydrogen-bond acceptors (Lipinski definition) is 3. The highest BCUT2D eigenvalue weighted by Crippen LogP contribution is 2.21. The highest BCUT2D eigenvalue weighted by molar-refractivity contribution is 5.75. The molecule has 0 aliphatic rings. The zero-order valence-electron chi connectivity index (χ0n) is 9.68. The summed E-state index contributed by atoms with van der Waals surface area (Å²) >= 11 is 0. The van der Waals surface area contributed by atoms with E-state index in [2.05, 4.69) is 12.6 Å². The Balaban J connectivity index is 3.13. The molecular formula is C13H14N2O2. The second-order valence-corrected chi connectivity index (χ2v) is 3.70. The van der Waals surface area contributed by atoms with Crippen molar-refractivity contribution in [3.63, 3.8) is 0 Å². The van der Waals surface area contributed by atoms with Crippen molar-refractivity contribution >= 4 is 11.7 Å². The monoisotopic (exact) mass is 230 g/mol. The maximum absolute atomic E-state index is 10.8. The van der Waals surface area contributed by atoms with Crippen LogP contribution in [0.15, 0.2) is 30.9 Å². The molecule has 1 aromatic carbocycles. The van der Waals surface area contributed by atoms with Crippen molar-refractivity contribution in [1.82, 2.24) is 0 Å². The molecule has 0 unspecified atom stereocenters. The van der Waals surface area contributed by atoms with Gasteiger partial charge in [0.25, 0.3) is 0 Å². The van der Waals surface area contributed by atoms with E-state index in [0.717, 1.165) is 5.56 Å². The summed E-state index contributed by atoms with van der Waals surface area (Å²) in [5.74, 6) is -0.934. The maximum Gasteiger partial charge on any atom is 0.323 e. The molecule has 1 rings (SSSR count). The van der Waals surface area contributed by atoms with Gasteiger partial charge in [-0.15, -0.1) is 6.58 Å². The second-order valence-electron chi connectivity index (χ2n) is 3.70. The van der Waals surface area contributed by atoms with Crippen molar-refractivity contribution in [2.75, 3.05) is 18.0 Å². The van der Waals surface area contributed by atoms with E-state index in [1.807, 2.05) is 13.0 Å². The summed E-state index contributed by atoms with van der Waals surface area (Å²) in [7, 11) is 0. The Morgan fingerprint density at radius 1 is 1.65 bits per heavy atom. The number of nitriles is 1. The van der Waals surface area contributed by atoms with E-state index in [-0.39, 0.29) is 6.54 Å². The number of carboxylic acids is 1. The zero-order valence-corrected chi connectivity index (χ0v) is 9.68. The lowest BCUT2D eigenvalue weighted by Crippen LogP contribution is -2.30. The molecule has 0 aromatic heterocycles. The average molecular weight is 230 g/mol. The third kappa shape index (κ3) is 3.35. The Bertz CT molecular complexity index is 475. The first-order valence-corrected chi connectivity index (χ1v) is 5.17. The number of aryl methyl sites for hydroxylation is 1. The Hall–Kier alpha value is -2.28. The lowest BCUT2D eigenvalue weighted by Gasteiger charge is -2.22. The number of anilines is 1. The van der Waals surface area contributed by atoms with E-state index in [0.29, 0.717) is 17.8 Å². The smallest absolute Gasteiger partial charge is 0.323 e. The molecular weight excluding hydrogens is 216 g/mol. The molecule has 4 nitrogen and oxygen atoms in total. The Labute approximate surface area is 100 Å². The van der Waals surface area contributed by atoms with Gasteiger partial charge in [0.1, 0.15) is 12.6 Å². The lowest BCUT2D eigenvalue weighted by atomic mass is 10.1. The molecule has 0 saturated heterocycles. The Morgan fingerprint density at radius 2 is 2.35 bits per heavy atom. The van der Waals surface area contributed by atoms with Gasteiger partial charge in [-0.3, -0.25) is 4.79 Å². The number of benzene rings is 1. The first kappa shape index (κ1) is 12.8. The Kier molecular flexibility index (Phi) is 4.29. The topological polar surface area (TPSA) is 64.3 Å². The summed E-state index contributed by atoms with van der Waals surface area (Å²) in [5.41, 5.74) is 2.08. The van der Waals surface area contributed by atoms with Crippen LogP contribution in [0.3, 0.4) is 0 Å². The number of carbonyl (C=O) groups is 1. The minimum absolute atomic E-state index is 0.149. The van der Waals surface area contributed by atoms with Crippen LogP contribution in [0.4, 0.5) is 5.69 Å². The lowest BCUT2D eigenvalue weighted by molar-refractivity contribution is -0.135. The fraction of sp³-hybridized carbons (Fsp3) is 0.231. The standard InChI is InChI=1S/C13H14N2O2/c1-3-6-15(9-13(16)17)12-5-4-10(2)7-11(12)8-14/h3-5,7H,1,6,9H2,2H3,(H,16,17). The predicted molar refractivity (Wildman–Crippen MR) is 65.9 cm³/mol. The van der Waals surface area contributed by atoms with Gasteiger partial charge in [0.2, 0.25) is 0 Å². The van der Waals surface area contributed by atoms with Gasteiger partial charge in [0.05, 0.1) is 11.3 Å². The molecule has 0 bridgehead atoms. The van der Waals surface area contributed by atoms with Gasteiger partial charge in [-0.1, -0.05) is 12.1 Å². The van der Waals surface area contributed by atoms with E-state index in [9.17, 15) is 4.79 Å². The van der Waals surface area contributed by atoms with Crippen LogP contribution < -0.4 is 4.90 Å². The highest BCUT2D eigenvalue weighted by Gasteiger charge is 2.13. The summed E-state index contributed by atoms with van der Waals surface area (Å²) < 4.78 is 0. The number of carboxylic acid groups (broad SMARTS) is 1. The van der Waals surface area contributed by atoms with E-state index >= 15 is 0 Å². The molecule has 0 amide bonds. The normalized spacial score (nSPS) is 9.41. The summed E-state index contributed by atoms with van der Waals surface area (Å²) in [6.07, 6.45) is 1.62. The molecule has 0 radical (unpaired) electrons. The van der Waals surface area contributed by atoms with Crippen LogP contribution >= 0.6 is 0 Å². The number of rotatable bonds is 5. The summed E-state index contributed by atoms with van der Waals surface area (Å²) in [5, 5.41) is 17.9. The molecule has 0 saturated carbocycles. The molecule has 4 heteroatoms. The largest absolute Gasteiger partial charge is 0.480 e. The molecule has 0 aliphatic heterocycles. The quantitative estimate of drug-likeness (QED) is 0.785. The molecule has 0 fully saturated rings. The van der Waals surface area contributed by atoms with Gasteiger partial charge in [0.15, 0.2) is 0 Å². The molecule has 0 spiro atoms. The molecule has 1 N–H and O–H groups in total. The zero-order chi connectivity index (χ0) is 12.8. The van der Waals surface area contributed by atoms with E-state index in [1.165, 1.54) is 0 Å². The molecule has 0 atom stereocenters. The average Bonchev–Trinajstić information content (AvgIpc) is 2.27. The third-order valence-electron chi connectivity index (χ3n) is 2.29. The van der Waals surface area contributed by atoms with Gasteiger partial charge >= 0.3 is 5.97 Å². The third-order valence-corrected chi connectivity index (χ3v) is 2.29. The first-order valence-electron chi connectivity index (χ1n) is 5.17. The van der Waals surface area contributed by atoms with Crippen molar-refractivity contribution in [2.24, 2.45) is 0 Å². The maximum atomic E-state index is 10.8. The van der Waals surface area contributed by atoms with Crippen LogP contribution in [0.1, 0.15) is 11.1 Å². The van der Waals surface area contributed by atoms with Gasteiger partial charge in [-0.25, -0.2) is 0 Å². The van der Waals surface area contributed by atoms with Crippen LogP contribution in [-0.2, 0) is 4.79 Å². The molecule has 0 heterocycles. The predicted octanol–water partition coefficient (Wildman–Crippen LogP) is 1.94. The summed E-state index contributed by atoms with van der Waals surface area (Å²) in [6, 6.07) is 7.44. The van der Waals surface area contributed by atoms with Gasteiger partial charge < -0.3 is 10.0 Å². The van der Waals surface area contributed by atoms with Gasteiger partial charge in [-0.2, -0.15) is 5.26 Å². The molecule has 1 aromatic rings. The van der Waals surface area contributed by atoms with Gasteiger partial charge in [-0.05, 0) is 24.6 Å². The van der Waals surface area contributed by atoms with Crippen LogP contribution in [0.2, 0.25) is 0 Å². The molecule has 0 aliphatic carbocycles. The molecule has 17 heavy (non-hydrogen) atoms. The van der Waals surface area contributed by atoms with Crippen LogP contribution in [0.25, 0.3) is 0 Å². The van der Waals surface area contributed by atoms with Crippen LogP contribution in [-0.4, -0.2) is 24.2 Å². The minimum Gasteiger partial charge on any atom is -0.480 e. The second kappa shape index (κ2) is 5.71.